The van der Waals surface area contributed by atoms with Gasteiger partial charge in [0, 0.05) is 23.2 Å². The van der Waals surface area contributed by atoms with Gasteiger partial charge in [0.05, 0.1) is 12.0 Å². The second kappa shape index (κ2) is 10.4. The fraction of sp³-hybridized carbons (Fsp3) is 0.118. The number of aromatic nitrogens is 3. The van der Waals surface area contributed by atoms with E-state index in [1.165, 1.54) is 28.7 Å². The highest BCUT2D eigenvalue weighted by molar-refractivity contribution is 8.03. The van der Waals surface area contributed by atoms with E-state index in [1.54, 1.807) is 42.5 Å². The number of benzene rings is 1. The van der Waals surface area contributed by atoms with Crippen LogP contribution in [0.2, 0.25) is 5.02 Å². The van der Waals surface area contributed by atoms with E-state index >= 15 is 0 Å². The smallest absolute Gasteiger partial charge is 0.250 e. The summed E-state index contributed by atoms with van der Waals surface area (Å²) in [6.45, 7) is 0. The van der Waals surface area contributed by atoms with Gasteiger partial charge in [-0.15, -0.1) is 10.2 Å². The van der Waals surface area contributed by atoms with Gasteiger partial charge in [0.25, 0.3) is 5.91 Å². The van der Waals surface area contributed by atoms with E-state index in [4.69, 9.17) is 11.6 Å². The van der Waals surface area contributed by atoms with Crippen molar-refractivity contribution in [2.75, 3.05) is 5.75 Å². The molecular weight excluding hydrogens is 422 g/mol. The van der Waals surface area contributed by atoms with E-state index in [1.807, 2.05) is 24.3 Å². The van der Waals surface area contributed by atoms with Crippen molar-refractivity contribution in [1.82, 2.24) is 20.6 Å². The molecule has 3 rings (SSSR count). The van der Waals surface area contributed by atoms with E-state index < -0.39 is 0 Å². The fourth-order valence-electron chi connectivity index (χ4n) is 1.83. The van der Waals surface area contributed by atoms with Crippen molar-refractivity contribution in [3.8, 4) is 0 Å². The van der Waals surface area contributed by atoms with Crippen LogP contribution in [0.3, 0.4) is 0 Å². The molecule has 27 heavy (non-hydrogen) atoms. The number of rotatable bonds is 8. The molecular formula is C17H14ClN5OS3. The van der Waals surface area contributed by atoms with Crippen LogP contribution in [0.4, 0.5) is 0 Å². The Labute approximate surface area is 173 Å². The number of nitrogens with zero attached hydrogens (tertiary/aromatic N) is 4. The quantitative estimate of drug-likeness (QED) is 0.325. The van der Waals surface area contributed by atoms with Crippen LogP contribution >= 0.6 is 46.5 Å². The standard InChI is InChI=1S/C17H14ClN5OS3/c18-14-3-1-13(2-4-14)10-25-16-22-23-17(27-16)26-11-15(24)21-20-9-12-5-7-19-8-6-12/h1-9H,10-11H2,(H,21,24). The molecule has 0 fully saturated rings. The van der Waals surface area contributed by atoms with Crippen LogP contribution in [0.5, 0.6) is 0 Å². The van der Waals surface area contributed by atoms with E-state index in [0.29, 0.717) is 0 Å². The molecule has 0 aliphatic rings. The van der Waals surface area contributed by atoms with Crippen molar-refractivity contribution in [3.63, 3.8) is 0 Å². The predicted octanol–water partition coefficient (Wildman–Crippen LogP) is 4.12. The normalized spacial score (nSPS) is 11.0. The second-order valence-electron chi connectivity index (χ2n) is 5.11. The number of thioether (sulfide) groups is 2. The summed E-state index contributed by atoms with van der Waals surface area (Å²) in [4.78, 5) is 15.8. The van der Waals surface area contributed by atoms with Gasteiger partial charge < -0.3 is 0 Å². The summed E-state index contributed by atoms with van der Waals surface area (Å²) in [6, 6.07) is 11.3. The molecule has 1 aromatic carbocycles. The highest BCUT2D eigenvalue weighted by Gasteiger charge is 2.08. The third-order valence-electron chi connectivity index (χ3n) is 3.10. The van der Waals surface area contributed by atoms with Gasteiger partial charge in [-0.1, -0.05) is 58.6 Å². The van der Waals surface area contributed by atoms with Crippen LogP contribution in [0.25, 0.3) is 0 Å². The van der Waals surface area contributed by atoms with Crippen molar-refractivity contribution in [2.24, 2.45) is 5.10 Å². The molecule has 0 saturated carbocycles. The van der Waals surface area contributed by atoms with Gasteiger partial charge in [0.1, 0.15) is 0 Å². The van der Waals surface area contributed by atoms with Crippen LogP contribution in [-0.4, -0.2) is 33.1 Å². The highest BCUT2D eigenvalue weighted by Crippen LogP contribution is 2.30. The second-order valence-corrected chi connectivity index (χ2v) is 8.97. The van der Waals surface area contributed by atoms with E-state index in [2.05, 4.69) is 25.7 Å². The summed E-state index contributed by atoms with van der Waals surface area (Å²) in [5.74, 6) is 0.820. The summed E-state index contributed by atoms with van der Waals surface area (Å²) in [5, 5.41) is 12.9. The molecule has 0 unspecified atom stereocenters. The average Bonchev–Trinajstić information content (AvgIpc) is 3.15. The molecule has 0 saturated heterocycles. The Morgan fingerprint density at radius 1 is 1.11 bits per heavy atom. The SMILES string of the molecule is O=C(CSc1nnc(SCc2ccc(Cl)cc2)s1)NN=Cc1ccncc1. The summed E-state index contributed by atoms with van der Waals surface area (Å²) in [5.41, 5.74) is 4.52. The maximum absolute atomic E-state index is 11.8. The number of hydrogen-bond donors (Lipinski definition) is 1. The molecule has 0 aliphatic carbocycles. The number of nitrogens with one attached hydrogen (secondary N) is 1. The van der Waals surface area contributed by atoms with Crippen LogP contribution in [0.1, 0.15) is 11.1 Å². The molecule has 1 N–H and O–H groups in total. The molecule has 6 nitrogen and oxygen atoms in total. The molecule has 138 valence electrons. The third-order valence-corrected chi connectivity index (χ3v) is 6.61. The molecule has 10 heteroatoms. The Morgan fingerprint density at radius 3 is 2.56 bits per heavy atom. The fourth-order valence-corrected chi connectivity index (χ4v) is 4.72. The lowest BCUT2D eigenvalue weighted by Gasteiger charge is -1.98. The molecule has 3 aromatic rings. The Kier molecular flexibility index (Phi) is 7.64. The third kappa shape index (κ3) is 6.94. The van der Waals surface area contributed by atoms with Crippen LogP contribution in [-0.2, 0) is 10.5 Å². The van der Waals surface area contributed by atoms with Gasteiger partial charge in [-0.25, -0.2) is 5.43 Å². The molecule has 2 aromatic heterocycles. The minimum atomic E-state index is -0.198. The van der Waals surface area contributed by atoms with Crippen molar-refractivity contribution in [3.05, 3.63) is 64.9 Å². The zero-order valence-electron chi connectivity index (χ0n) is 13.9. The maximum Gasteiger partial charge on any atom is 0.250 e. The number of halogens is 1. The Balaban J connectivity index is 1.40. The lowest BCUT2D eigenvalue weighted by molar-refractivity contribution is -0.118. The average molecular weight is 436 g/mol. The predicted molar refractivity (Wildman–Crippen MR) is 112 cm³/mol. The van der Waals surface area contributed by atoms with Gasteiger partial charge in [0.15, 0.2) is 8.68 Å². The summed E-state index contributed by atoms with van der Waals surface area (Å²) < 4.78 is 1.62. The number of carbonyl (C=O) groups excluding carboxylic acids is 1. The molecule has 0 bridgehead atoms. The first-order valence-corrected chi connectivity index (χ1v) is 10.9. The van der Waals surface area contributed by atoms with Gasteiger partial charge in [-0.2, -0.15) is 5.10 Å². The minimum absolute atomic E-state index is 0.198. The zero-order valence-corrected chi connectivity index (χ0v) is 17.1. The van der Waals surface area contributed by atoms with Crippen LogP contribution in [0, 0.1) is 0 Å². The highest BCUT2D eigenvalue weighted by atomic mass is 35.5. The Hall–Kier alpha value is -1.94. The van der Waals surface area contributed by atoms with Crippen molar-refractivity contribution in [1.29, 1.82) is 0 Å². The van der Waals surface area contributed by atoms with Gasteiger partial charge in [-0.05, 0) is 35.4 Å². The van der Waals surface area contributed by atoms with Crippen molar-refractivity contribution in [2.45, 2.75) is 14.4 Å². The number of pyridine rings is 1. The first kappa shape index (κ1) is 19.8. The van der Waals surface area contributed by atoms with E-state index in [9.17, 15) is 4.79 Å². The number of carbonyl (C=O) groups is 1. The topological polar surface area (TPSA) is 80.1 Å². The van der Waals surface area contributed by atoms with Crippen LogP contribution in [0.15, 0.2) is 62.6 Å². The molecule has 2 heterocycles. The largest absolute Gasteiger partial charge is 0.272 e. The monoisotopic (exact) mass is 435 g/mol. The molecule has 0 aliphatic heterocycles. The lowest BCUT2D eigenvalue weighted by Crippen LogP contribution is -2.19. The van der Waals surface area contributed by atoms with E-state index in [0.717, 1.165) is 25.0 Å². The van der Waals surface area contributed by atoms with Crippen molar-refractivity contribution < 1.29 is 4.79 Å². The summed E-state index contributed by atoms with van der Waals surface area (Å²) in [7, 11) is 0. The zero-order chi connectivity index (χ0) is 18.9. The molecule has 0 atom stereocenters. The summed E-state index contributed by atoms with van der Waals surface area (Å²) in [6.07, 6.45) is 4.90. The van der Waals surface area contributed by atoms with E-state index in [-0.39, 0.29) is 11.7 Å². The van der Waals surface area contributed by atoms with Crippen molar-refractivity contribution >= 4 is 58.6 Å². The summed E-state index contributed by atoms with van der Waals surface area (Å²) >= 11 is 10.3. The minimum Gasteiger partial charge on any atom is -0.272 e. The first-order chi connectivity index (χ1) is 13.2. The Morgan fingerprint density at radius 2 is 1.81 bits per heavy atom. The number of hydrogen-bond acceptors (Lipinski definition) is 8. The molecule has 1 amide bonds. The number of amides is 1. The van der Waals surface area contributed by atoms with Gasteiger partial charge in [-0.3, -0.25) is 9.78 Å². The number of hydrazone groups is 1. The first-order valence-electron chi connectivity index (χ1n) is 7.74. The molecule has 0 radical (unpaired) electrons. The van der Waals surface area contributed by atoms with Gasteiger partial charge >= 0.3 is 0 Å². The van der Waals surface area contributed by atoms with Gasteiger partial charge in [0.2, 0.25) is 0 Å². The lowest BCUT2D eigenvalue weighted by atomic mass is 10.2. The maximum atomic E-state index is 11.8. The van der Waals surface area contributed by atoms with Crippen LogP contribution < -0.4 is 5.43 Å². The molecule has 0 spiro atoms. The Bertz CT molecular complexity index is 902.